The van der Waals surface area contributed by atoms with Crippen LogP contribution in [0, 0.1) is 0 Å². The maximum atomic E-state index is 12.7. The summed E-state index contributed by atoms with van der Waals surface area (Å²) in [6.45, 7) is 12.9. The fraction of sp³-hybridized carbons (Fsp3) is 0.625. The average Bonchev–Trinajstić information content (AvgIpc) is 3.19. The van der Waals surface area contributed by atoms with E-state index >= 15 is 0 Å². The number of aromatic nitrogens is 2. The van der Waals surface area contributed by atoms with Gasteiger partial charge in [-0.05, 0) is 44.4 Å². The lowest BCUT2D eigenvalue weighted by Crippen LogP contribution is -2.52. The van der Waals surface area contributed by atoms with Crippen LogP contribution in [0.25, 0.3) is 11.0 Å². The van der Waals surface area contributed by atoms with Crippen LogP contribution < -0.4 is 0 Å². The molecule has 0 spiro atoms. The molecule has 2 saturated heterocycles. The van der Waals surface area contributed by atoms with E-state index in [1.807, 2.05) is 40.8 Å². The number of carbonyl (C=O) groups is 2. The summed E-state index contributed by atoms with van der Waals surface area (Å²) in [6.07, 6.45) is 3.93. The Kier molecular flexibility index (Phi) is 6.98. The molecule has 0 aliphatic carbocycles. The Morgan fingerprint density at radius 1 is 1.12 bits per heavy atom. The van der Waals surface area contributed by atoms with Gasteiger partial charge in [0.2, 0.25) is 5.91 Å². The number of hydrogen-bond acceptors (Lipinski definition) is 4. The number of nitrogens with zero attached hydrogens (tertiary/aromatic N) is 5. The van der Waals surface area contributed by atoms with Crippen molar-refractivity contribution in [3.05, 3.63) is 29.6 Å². The molecule has 174 valence electrons. The van der Waals surface area contributed by atoms with Crippen molar-refractivity contribution < 1.29 is 9.59 Å². The second-order valence-electron chi connectivity index (χ2n) is 8.94. The molecule has 0 saturated carbocycles. The molecule has 0 radical (unpaired) electrons. The number of piperazine rings is 1. The molecule has 0 aromatic carbocycles. The van der Waals surface area contributed by atoms with Crippen LogP contribution in [0.4, 0.5) is 4.79 Å². The van der Waals surface area contributed by atoms with E-state index in [4.69, 9.17) is 0 Å². The number of aromatic amines is 1. The summed E-state index contributed by atoms with van der Waals surface area (Å²) in [5.41, 5.74) is 3.45. The third kappa shape index (κ3) is 4.60. The van der Waals surface area contributed by atoms with Gasteiger partial charge in [0.25, 0.3) is 0 Å². The molecule has 4 heterocycles. The van der Waals surface area contributed by atoms with Gasteiger partial charge in [-0.15, -0.1) is 0 Å². The first-order valence-electron chi connectivity index (χ1n) is 12.0. The first-order chi connectivity index (χ1) is 15.5. The number of carbonyl (C=O) groups excluding carboxylic acids is 2. The molecule has 0 unspecified atom stereocenters. The molecule has 3 amide bonds. The highest BCUT2D eigenvalue weighted by atomic mass is 16.2. The van der Waals surface area contributed by atoms with Crippen molar-refractivity contribution in [3.63, 3.8) is 0 Å². The monoisotopic (exact) mass is 440 g/mol. The van der Waals surface area contributed by atoms with Gasteiger partial charge in [-0.2, -0.15) is 0 Å². The van der Waals surface area contributed by atoms with Gasteiger partial charge < -0.3 is 19.7 Å². The SMILES string of the molecule is CCN(CC)C(=O)N1CCN(Cc2c([C@H]3CCCN(C(C)=O)C3)[nH]c3ncccc23)CC1. The highest BCUT2D eigenvalue weighted by Gasteiger charge is 2.29. The number of piperidine rings is 1. The van der Waals surface area contributed by atoms with Crippen molar-refractivity contribution in [1.29, 1.82) is 0 Å². The normalized spacial score (nSPS) is 20.0. The number of H-pyrrole nitrogens is 1. The van der Waals surface area contributed by atoms with Crippen molar-refractivity contribution in [2.24, 2.45) is 0 Å². The summed E-state index contributed by atoms with van der Waals surface area (Å²) in [4.78, 5) is 41.1. The van der Waals surface area contributed by atoms with Gasteiger partial charge >= 0.3 is 6.03 Å². The van der Waals surface area contributed by atoms with Gasteiger partial charge in [-0.25, -0.2) is 9.78 Å². The summed E-state index contributed by atoms with van der Waals surface area (Å²) in [7, 11) is 0. The molecule has 2 aromatic heterocycles. The standard InChI is InChI=1S/C24H36N6O2/c1-4-28(5-2)24(32)29-14-12-27(13-15-29)17-21-20-9-6-10-25-23(20)26-22(21)19-8-7-11-30(16-19)18(3)31/h6,9-10,19H,4-5,7-8,11-17H2,1-3H3,(H,25,26)/t19-/m0/s1. The lowest BCUT2D eigenvalue weighted by atomic mass is 9.91. The van der Waals surface area contributed by atoms with Crippen LogP contribution >= 0.6 is 0 Å². The number of rotatable bonds is 5. The number of fused-ring (bicyclic) bond motifs is 1. The molecule has 2 aromatic rings. The van der Waals surface area contributed by atoms with Crippen LogP contribution in [0.15, 0.2) is 18.3 Å². The van der Waals surface area contributed by atoms with Crippen LogP contribution in [0.2, 0.25) is 0 Å². The Balaban J connectivity index is 1.50. The predicted molar refractivity (Wildman–Crippen MR) is 125 cm³/mol. The molecule has 32 heavy (non-hydrogen) atoms. The fourth-order valence-electron chi connectivity index (χ4n) is 5.13. The minimum absolute atomic E-state index is 0.151. The van der Waals surface area contributed by atoms with Crippen molar-refractivity contribution in [1.82, 2.24) is 29.6 Å². The molecule has 0 bridgehead atoms. The number of amides is 3. The van der Waals surface area contributed by atoms with E-state index in [1.165, 1.54) is 16.6 Å². The largest absolute Gasteiger partial charge is 0.343 e. The Morgan fingerprint density at radius 2 is 1.88 bits per heavy atom. The topological polar surface area (TPSA) is 75.8 Å². The van der Waals surface area contributed by atoms with Gasteiger partial charge in [-0.3, -0.25) is 9.69 Å². The van der Waals surface area contributed by atoms with Crippen LogP contribution in [-0.4, -0.2) is 93.9 Å². The summed E-state index contributed by atoms with van der Waals surface area (Å²) in [5, 5.41) is 1.17. The summed E-state index contributed by atoms with van der Waals surface area (Å²) >= 11 is 0. The van der Waals surface area contributed by atoms with Crippen LogP contribution in [-0.2, 0) is 11.3 Å². The Morgan fingerprint density at radius 3 is 2.56 bits per heavy atom. The molecular formula is C24H36N6O2. The van der Waals surface area contributed by atoms with Crippen LogP contribution in [0.3, 0.4) is 0 Å². The quantitative estimate of drug-likeness (QED) is 0.776. The third-order valence-corrected chi connectivity index (χ3v) is 7.04. The van der Waals surface area contributed by atoms with E-state index in [0.717, 1.165) is 77.4 Å². The maximum absolute atomic E-state index is 12.7. The van der Waals surface area contributed by atoms with Crippen LogP contribution in [0.1, 0.15) is 50.8 Å². The first-order valence-corrected chi connectivity index (χ1v) is 12.0. The zero-order chi connectivity index (χ0) is 22.7. The summed E-state index contributed by atoms with van der Waals surface area (Å²) in [6, 6.07) is 4.29. The molecule has 1 atom stereocenters. The van der Waals surface area contributed by atoms with Gasteiger partial charge in [0.1, 0.15) is 5.65 Å². The van der Waals surface area contributed by atoms with E-state index in [1.54, 1.807) is 6.92 Å². The number of hydrogen-bond donors (Lipinski definition) is 1. The van der Waals surface area contributed by atoms with Crippen molar-refractivity contribution in [3.8, 4) is 0 Å². The summed E-state index contributed by atoms with van der Waals surface area (Å²) < 4.78 is 0. The van der Waals surface area contributed by atoms with Crippen molar-refractivity contribution in [2.45, 2.75) is 46.1 Å². The number of nitrogens with one attached hydrogen (secondary N) is 1. The molecule has 4 rings (SSSR count). The highest BCUT2D eigenvalue weighted by molar-refractivity contribution is 5.81. The third-order valence-electron chi connectivity index (χ3n) is 7.04. The Bertz CT molecular complexity index is 945. The molecule has 1 N–H and O–H groups in total. The molecule has 2 fully saturated rings. The molecule has 8 nitrogen and oxygen atoms in total. The average molecular weight is 441 g/mol. The minimum atomic E-state index is 0.151. The van der Waals surface area contributed by atoms with Crippen molar-refractivity contribution in [2.75, 3.05) is 52.4 Å². The minimum Gasteiger partial charge on any atom is -0.343 e. The van der Waals surface area contributed by atoms with Gasteiger partial charge in [0.15, 0.2) is 0 Å². The second-order valence-corrected chi connectivity index (χ2v) is 8.94. The van der Waals surface area contributed by atoms with Gasteiger partial charge in [0.05, 0.1) is 0 Å². The smallest absolute Gasteiger partial charge is 0.320 e. The van der Waals surface area contributed by atoms with Crippen LogP contribution in [0.5, 0.6) is 0 Å². The fourth-order valence-corrected chi connectivity index (χ4v) is 5.13. The van der Waals surface area contributed by atoms with Crippen molar-refractivity contribution >= 4 is 23.0 Å². The predicted octanol–water partition coefficient (Wildman–Crippen LogP) is 2.87. The van der Waals surface area contributed by atoms with E-state index < -0.39 is 0 Å². The highest BCUT2D eigenvalue weighted by Crippen LogP contribution is 2.33. The molecular weight excluding hydrogens is 404 g/mol. The van der Waals surface area contributed by atoms with Gasteiger partial charge in [0, 0.05) is 89.0 Å². The zero-order valence-electron chi connectivity index (χ0n) is 19.6. The van der Waals surface area contributed by atoms with E-state index in [2.05, 4.69) is 20.9 Å². The molecule has 2 aliphatic rings. The second kappa shape index (κ2) is 9.90. The molecule has 2 aliphatic heterocycles. The number of urea groups is 1. The Hall–Kier alpha value is -2.61. The van der Waals surface area contributed by atoms with E-state index in [9.17, 15) is 9.59 Å². The number of likely N-dealkylation sites (tertiary alicyclic amines) is 1. The number of pyridine rings is 1. The lowest BCUT2D eigenvalue weighted by Gasteiger charge is -2.37. The summed E-state index contributed by atoms with van der Waals surface area (Å²) in [5.74, 6) is 0.460. The first kappa shape index (κ1) is 22.6. The lowest BCUT2D eigenvalue weighted by molar-refractivity contribution is -0.130. The maximum Gasteiger partial charge on any atom is 0.320 e. The van der Waals surface area contributed by atoms with Gasteiger partial charge in [-0.1, -0.05) is 0 Å². The van der Waals surface area contributed by atoms with E-state index in [-0.39, 0.29) is 11.9 Å². The zero-order valence-corrected chi connectivity index (χ0v) is 19.6. The Labute approximate surface area is 190 Å². The molecule has 8 heteroatoms. The van der Waals surface area contributed by atoms with E-state index in [0.29, 0.717) is 5.92 Å².